The lowest BCUT2D eigenvalue weighted by Gasteiger charge is -2.08. The van der Waals surface area contributed by atoms with Crippen molar-refractivity contribution in [1.82, 2.24) is 4.98 Å². The lowest BCUT2D eigenvalue weighted by atomic mass is 10.2. The van der Waals surface area contributed by atoms with Crippen molar-refractivity contribution in [2.24, 2.45) is 0 Å². The van der Waals surface area contributed by atoms with E-state index < -0.39 is 10.4 Å². The molecule has 2 rings (SSSR count). The van der Waals surface area contributed by atoms with Gasteiger partial charge in [0.25, 0.3) is 5.69 Å². The maximum Gasteiger partial charge on any atom is 0.441 e. The van der Waals surface area contributed by atoms with Gasteiger partial charge in [-0.15, -0.1) is 0 Å². The van der Waals surface area contributed by atoms with Gasteiger partial charge in [0, 0.05) is 29.8 Å². The Morgan fingerprint density at radius 2 is 2.05 bits per heavy atom. The Morgan fingerprint density at radius 3 is 2.71 bits per heavy atom. The Labute approximate surface area is 121 Å². The summed E-state index contributed by atoms with van der Waals surface area (Å²) >= 11 is -0.104. The maximum absolute atomic E-state index is 12.0. The van der Waals surface area contributed by atoms with Crippen molar-refractivity contribution in [3.05, 3.63) is 40.4 Å². The number of nitrogens with one attached hydrogen (secondary N) is 1. The average molecular weight is 317 g/mol. The van der Waals surface area contributed by atoms with Crippen molar-refractivity contribution in [3.8, 4) is 0 Å². The Kier molecular flexibility index (Phi) is 4.51. The molecule has 21 heavy (non-hydrogen) atoms. The molecule has 0 aliphatic rings. The monoisotopic (exact) mass is 317 g/mol. The third-order valence-corrected chi connectivity index (χ3v) is 3.29. The summed E-state index contributed by atoms with van der Waals surface area (Å²) < 4.78 is 35.9. The predicted octanol–water partition coefficient (Wildman–Crippen LogP) is 3.81. The fourth-order valence-electron chi connectivity index (χ4n) is 1.67. The molecular formula is C12H10F3N3O2S. The molecule has 0 saturated heterocycles. The highest BCUT2D eigenvalue weighted by atomic mass is 32.2. The van der Waals surface area contributed by atoms with E-state index in [0.29, 0.717) is 16.7 Å². The first-order valence-corrected chi connectivity index (χ1v) is 6.83. The van der Waals surface area contributed by atoms with E-state index in [1.54, 1.807) is 12.1 Å². The van der Waals surface area contributed by atoms with E-state index >= 15 is 0 Å². The second-order valence-electron chi connectivity index (χ2n) is 4.05. The molecular weight excluding hydrogens is 307 g/mol. The summed E-state index contributed by atoms with van der Waals surface area (Å²) in [7, 11) is 0. The molecule has 1 aromatic carbocycles. The van der Waals surface area contributed by atoms with Crippen molar-refractivity contribution in [3.63, 3.8) is 0 Å². The van der Waals surface area contributed by atoms with Crippen LogP contribution < -0.4 is 5.32 Å². The second-order valence-corrected chi connectivity index (χ2v) is 5.21. The lowest BCUT2D eigenvalue weighted by molar-refractivity contribution is -0.384. The van der Waals surface area contributed by atoms with E-state index in [4.69, 9.17) is 0 Å². The molecule has 0 fully saturated rings. The molecule has 1 heterocycles. The van der Waals surface area contributed by atoms with E-state index in [0.717, 1.165) is 0 Å². The molecule has 0 aliphatic heterocycles. The normalized spacial score (nSPS) is 11.6. The number of nitro benzene ring substituents is 1. The third-order valence-electron chi connectivity index (χ3n) is 2.56. The third kappa shape index (κ3) is 4.48. The standard InChI is InChI=1S/C12H10F3N3O2S/c13-12(14,15)21-6-5-16-11-4-1-8-7-9(18(19)20)2-3-10(8)17-11/h1-4,7H,5-6H2,(H,16,17). The smallest absolute Gasteiger partial charge is 0.369 e. The fourth-order valence-corrected chi connectivity index (χ4v) is 2.11. The van der Waals surface area contributed by atoms with Crippen molar-refractivity contribution in [2.45, 2.75) is 5.51 Å². The van der Waals surface area contributed by atoms with Gasteiger partial charge in [-0.2, -0.15) is 13.2 Å². The molecule has 0 atom stereocenters. The highest BCUT2D eigenvalue weighted by molar-refractivity contribution is 8.00. The van der Waals surface area contributed by atoms with Gasteiger partial charge in [-0.25, -0.2) is 4.98 Å². The summed E-state index contributed by atoms with van der Waals surface area (Å²) in [6.45, 7) is 0.121. The molecule has 1 aromatic heterocycles. The van der Waals surface area contributed by atoms with Crippen molar-refractivity contribution in [2.75, 3.05) is 17.6 Å². The number of anilines is 1. The Balaban J connectivity index is 2.02. The zero-order chi connectivity index (χ0) is 15.5. The highest BCUT2D eigenvalue weighted by Gasteiger charge is 2.27. The molecule has 5 nitrogen and oxygen atoms in total. The van der Waals surface area contributed by atoms with E-state index in [1.807, 2.05) is 0 Å². The van der Waals surface area contributed by atoms with Gasteiger partial charge < -0.3 is 5.32 Å². The van der Waals surface area contributed by atoms with Crippen molar-refractivity contribution in [1.29, 1.82) is 0 Å². The number of fused-ring (bicyclic) bond motifs is 1. The topological polar surface area (TPSA) is 68.1 Å². The molecule has 0 amide bonds. The number of aromatic nitrogens is 1. The van der Waals surface area contributed by atoms with Gasteiger partial charge in [-0.05, 0) is 30.0 Å². The molecule has 0 unspecified atom stereocenters. The van der Waals surface area contributed by atoms with Crippen LogP contribution in [0.3, 0.4) is 0 Å². The first-order valence-electron chi connectivity index (χ1n) is 5.85. The zero-order valence-electron chi connectivity index (χ0n) is 10.6. The number of pyridine rings is 1. The predicted molar refractivity (Wildman–Crippen MR) is 75.4 cm³/mol. The second kappa shape index (κ2) is 6.17. The van der Waals surface area contributed by atoms with Gasteiger partial charge in [-0.1, -0.05) is 0 Å². The van der Waals surface area contributed by atoms with Gasteiger partial charge in [0.1, 0.15) is 5.82 Å². The SMILES string of the molecule is O=[N+]([O-])c1ccc2nc(NCCSC(F)(F)F)ccc2c1. The van der Waals surface area contributed by atoms with Gasteiger partial charge >= 0.3 is 5.51 Å². The van der Waals surface area contributed by atoms with Crippen LogP contribution in [0.1, 0.15) is 0 Å². The summed E-state index contributed by atoms with van der Waals surface area (Å²) in [5, 5.41) is 14.0. The average Bonchev–Trinajstić information content (AvgIpc) is 2.41. The van der Waals surface area contributed by atoms with Crippen LogP contribution in [0.25, 0.3) is 10.9 Å². The number of halogens is 3. The Bertz CT molecular complexity index is 664. The van der Waals surface area contributed by atoms with Crippen molar-refractivity contribution >= 4 is 34.2 Å². The summed E-state index contributed by atoms with van der Waals surface area (Å²) in [5.41, 5.74) is -3.74. The Hall–Kier alpha value is -2.03. The zero-order valence-corrected chi connectivity index (χ0v) is 11.4. The minimum absolute atomic E-state index is 0.0356. The molecule has 1 N–H and O–H groups in total. The molecule has 2 aromatic rings. The number of rotatable bonds is 5. The lowest BCUT2D eigenvalue weighted by Crippen LogP contribution is -2.10. The van der Waals surface area contributed by atoms with E-state index in [-0.39, 0.29) is 29.7 Å². The van der Waals surface area contributed by atoms with Gasteiger partial charge in [0.05, 0.1) is 10.4 Å². The largest absolute Gasteiger partial charge is 0.441 e. The molecule has 0 spiro atoms. The number of nitrogens with zero attached hydrogens (tertiary/aromatic N) is 2. The Morgan fingerprint density at radius 1 is 1.29 bits per heavy atom. The maximum atomic E-state index is 12.0. The summed E-state index contributed by atoms with van der Waals surface area (Å²) in [4.78, 5) is 14.3. The van der Waals surface area contributed by atoms with Crippen molar-refractivity contribution < 1.29 is 18.1 Å². The quantitative estimate of drug-likeness (QED) is 0.516. The van der Waals surface area contributed by atoms with Crippen LogP contribution in [0.4, 0.5) is 24.7 Å². The van der Waals surface area contributed by atoms with Crippen LogP contribution in [0.15, 0.2) is 30.3 Å². The summed E-state index contributed by atoms with van der Waals surface area (Å²) in [5.74, 6) is 0.308. The fraction of sp³-hybridized carbons (Fsp3) is 0.250. The van der Waals surface area contributed by atoms with Crippen LogP contribution in [-0.4, -0.2) is 27.7 Å². The molecule has 0 aliphatic carbocycles. The van der Waals surface area contributed by atoms with Crippen LogP contribution in [0, 0.1) is 10.1 Å². The summed E-state index contributed by atoms with van der Waals surface area (Å²) in [6, 6.07) is 7.44. The molecule has 0 saturated carbocycles. The molecule has 0 bridgehead atoms. The number of hydrogen-bond donors (Lipinski definition) is 1. The number of alkyl halides is 3. The molecule has 112 valence electrons. The minimum Gasteiger partial charge on any atom is -0.369 e. The summed E-state index contributed by atoms with van der Waals surface area (Å²) in [6.07, 6.45) is 0. The van der Waals surface area contributed by atoms with Crippen LogP contribution in [0.5, 0.6) is 0 Å². The molecule has 9 heteroatoms. The van der Waals surface area contributed by atoms with E-state index in [2.05, 4.69) is 10.3 Å². The van der Waals surface area contributed by atoms with Crippen LogP contribution >= 0.6 is 11.8 Å². The number of non-ortho nitro benzene ring substituents is 1. The van der Waals surface area contributed by atoms with Crippen LogP contribution in [-0.2, 0) is 0 Å². The minimum atomic E-state index is -4.24. The van der Waals surface area contributed by atoms with Gasteiger partial charge in [0.2, 0.25) is 0 Å². The molecule has 0 radical (unpaired) electrons. The first kappa shape index (κ1) is 15.4. The van der Waals surface area contributed by atoms with E-state index in [9.17, 15) is 23.3 Å². The van der Waals surface area contributed by atoms with Gasteiger partial charge in [0.15, 0.2) is 0 Å². The number of hydrogen-bond acceptors (Lipinski definition) is 5. The number of nitro groups is 1. The van der Waals surface area contributed by atoms with E-state index in [1.165, 1.54) is 18.2 Å². The highest BCUT2D eigenvalue weighted by Crippen LogP contribution is 2.29. The number of benzene rings is 1. The van der Waals surface area contributed by atoms with Crippen LogP contribution in [0.2, 0.25) is 0 Å². The van der Waals surface area contributed by atoms with Gasteiger partial charge in [-0.3, -0.25) is 10.1 Å². The number of thioether (sulfide) groups is 1. The first-order chi connectivity index (χ1) is 9.85.